The Labute approximate surface area is 193 Å². The molecule has 0 aliphatic carbocycles. The number of amides is 2. The Kier molecular flexibility index (Phi) is 6.84. The number of fused-ring (bicyclic) bond motifs is 1. The number of rotatable bonds is 7. The zero-order chi connectivity index (χ0) is 22.6. The fourth-order valence-electron chi connectivity index (χ4n) is 4.55. The van der Waals surface area contributed by atoms with E-state index in [1.165, 1.54) is 0 Å². The maximum Gasteiger partial charge on any atom is 0.231 e. The van der Waals surface area contributed by atoms with Crippen molar-refractivity contribution >= 4 is 34.6 Å². The van der Waals surface area contributed by atoms with Gasteiger partial charge < -0.3 is 15.2 Å². The summed E-state index contributed by atoms with van der Waals surface area (Å²) in [5.41, 5.74) is 2.22. The van der Waals surface area contributed by atoms with Gasteiger partial charge in [0.25, 0.3) is 0 Å². The van der Waals surface area contributed by atoms with Crippen LogP contribution < -0.4 is 5.32 Å². The van der Waals surface area contributed by atoms with Crippen molar-refractivity contribution in [2.45, 2.75) is 37.6 Å². The molecule has 0 radical (unpaired) electrons. The van der Waals surface area contributed by atoms with Crippen LogP contribution in [-0.2, 0) is 15.0 Å². The van der Waals surface area contributed by atoms with Crippen LogP contribution in [0.4, 0.5) is 0 Å². The zero-order valence-corrected chi connectivity index (χ0v) is 19.5. The summed E-state index contributed by atoms with van der Waals surface area (Å²) in [6, 6.07) is 17.7. The molecule has 0 saturated carbocycles. The van der Waals surface area contributed by atoms with Crippen molar-refractivity contribution in [2.24, 2.45) is 0 Å². The summed E-state index contributed by atoms with van der Waals surface area (Å²) in [5.74, 6) is 1.78. The van der Waals surface area contributed by atoms with Gasteiger partial charge in [0.15, 0.2) is 0 Å². The molecule has 1 fully saturated rings. The first-order valence-corrected chi connectivity index (χ1v) is 12.5. The number of hydrogen-bond donors (Lipinski definition) is 2. The number of hydrogen-bond acceptors (Lipinski definition) is 4. The van der Waals surface area contributed by atoms with Crippen molar-refractivity contribution < 1.29 is 9.59 Å². The number of benzene rings is 2. The summed E-state index contributed by atoms with van der Waals surface area (Å²) >= 11 is 1.76. The molecule has 2 aromatic carbocycles. The van der Waals surface area contributed by atoms with Crippen molar-refractivity contribution in [2.75, 3.05) is 25.1 Å². The first kappa shape index (κ1) is 22.4. The Morgan fingerprint density at radius 3 is 2.47 bits per heavy atom. The molecule has 1 aromatic heterocycles. The number of aromatic nitrogens is 2. The number of para-hydroxylation sites is 2. The molecule has 1 saturated heterocycles. The molecule has 1 aliphatic rings. The minimum absolute atomic E-state index is 0.0125. The Hall–Kier alpha value is -2.80. The molecule has 6 nitrogen and oxygen atoms in total. The summed E-state index contributed by atoms with van der Waals surface area (Å²) in [4.78, 5) is 35.8. The third-order valence-electron chi connectivity index (χ3n) is 6.48. The van der Waals surface area contributed by atoms with Gasteiger partial charge in [-0.25, -0.2) is 4.98 Å². The van der Waals surface area contributed by atoms with Gasteiger partial charge in [-0.2, -0.15) is 11.8 Å². The summed E-state index contributed by atoms with van der Waals surface area (Å²) in [7, 11) is 0. The van der Waals surface area contributed by atoms with Crippen molar-refractivity contribution in [1.29, 1.82) is 0 Å². The van der Waals surface area contributed by atoms with E-state index in [1.54, 1.807) is 18.7 Å². The molecule has 2 amide bonds. The van der Waals surface area contributed by atoms with Crippen LogP contribution in [0.15, 0.2) is 54.6 Å². The Balaban J connectivity index is 1.63. The Morgan fingerprint density at radius 1 is 1.12 bits per heavy atom. The van der Waals surface area contributed by atoms with E-state index in [9.17, 15) is 9.59 Å². The number of imidazole rings is 1. The number of nitrogens with zero attached hydrogens (tertiary/aromatic N) is 2. The lowest BCUT2D eigenvalue weighted by Gasteiger charge is -2.41. The van der Waals surface area contributed by atoms with Gasteiger partial charge in [-0.15, -0.1) is 0 Å². The molecule has 0 unspecified atom stereocenters. The Morgan fingerprint density at radius 2 is 1.81 bits per heavy atom. The standard InChI is InChI=1S/C25H30N4O2S/c1-18(30)29-15-13-25(14-16-29,19-8-4-3-5-9-19)24(31)28-22(12-17-32-2)23-26-20-10-6-7-11-21(20)27-23/h3-11,22H,12-17H2,1-2H3,(H,26,27)(H,28,31)/t22-/m0/s1. The summed E-state index contributed by atoms with van der Waals surface area (Å²) in [5, 5.41) is 3.33. The molecular weight excluding hydrogens is 420 g/mol. The van der Waals surface area contributed by atoms with Crippen LogP contribution in [0.25, 0.3) is 11.0 Å². The minimum atomic E-state index is -0.656. The number of carbonyl (C=O) groups excluding carboxylic acids is 2. The van der Waals surface area contributed by atoms with Crippen LogP contribution in [0, 0.1) is 0 Å². The molecule has 1 aliphatic heterocycles. The highest BCUT2D eigenvalue weighted by atomic mass is 32.2. The Bertz CT molecular complexity index is 1040. The molecule has 1 atom stereocenters. The van der Waals surface area contributed by atoms with E-state index in [-0.39, 0.29) is 17.9 Å². The van der Waals surface area contributed by atoms with Crippen LogP contribution >= 0.6 is 11.8 Å². The van der Waals surface area contributed by atoms with E-state index in [0.717, 1.165) is 34.6 Å². The maximum absolute atomic E-state index is 13.9. The quantitative estimate of drug-likeness (QED) is 0.569. The minimum Gasteiger partial charge on any atom is -0.345 e. The maximum atomic E-state index is 13.9. The van der Waals surface area contributed by atoms with Gasteiger partial charge in [0, 0.05) is 20.0 Å². The monoisotopic (exact) mass is 450 g/mol. The lowest BCUT2D eigenvalue weighted by molar-refractivity contribution is -0.135. The van der Waals surface area contributed by atoms with Gasteiger partial charge in [-0.05, 0) is 49.0 Å². The third kappa shape index (κ3) is 4.53. The van der Waals surface area contributed by atoms with E-state index in [2.05, 4.69) is 16.6 Å². The smallest absolute Gasteiger partial charge is 0.231 e. The number of nitrogens with one attached hydrogen (secondary N) is 2. The lowest BCUT2D eigenvalue weighted by atomic mass is 9.71. The normalized spacial score (nSPS) is 16.6. The van der Waals surface area contributed by atoms with Crippen LogP contribution in [0.3, 0.4) is 0 Å². The number of piperidine rings is 1. The summed E-state index contributed by atoms with van der Waals surface area (Å²) in [6.07, 6.45) is 4.08. The van der Waals surface area contributed by atoms with E-state index in [4.69, 9.17) is 4.98 Å². The average Bonchev–Trinajstić information content (AvgIpc) is 3.26. The number of carbonyl (C=O) groups is 2. The third-order valence-corrected chi connectivity index (χ3v) is 7.12. The summed E-state index contributed by atoms with van der Waals surface area (Å²) < 4.78 is 0. The van der Waals surface area contributed by atoms with Crippen LogP contribution in [0.5, 0.6) is 0 Å². The van der Waals surface area contributed by atoms with E-state index in [0.29, 0.717) is 25.9 Å². The molecule has 168 valence electrons. The SMILES string of the molecule is CSCC[C@H](NC(=O)C1(c2ccccc2)CCN(C(C)=O)CC1)c1nc2ccccc2[nH]1. The van der Waals surface area contributed by atoms with E-state index >= 15 is 0 Å². The number of thioether (sulfide) groups is 1. The van der Waals surface area contributed by atoms with Gasteiger partial charge in [0.2, 0.25) is 11.8 Å². The predicted molar refractivity (Wildman–Crippen MR) is 130 cm³/mol. The molecular formula is C25H30N4O2S. The van der Waals surface area contributed by atoms with Gasteiger partial charge in [0.05, 0.1) is 22.5 Å². The largest absolute Gasteiger partial charge is 0.345 e. The average molecular weight is 451 g/mol. The van der Waals surface area contributed by atoms with Crippen molar-refractivity contribution in [3.8, 4) is 0 Å². The van der Waals surface area contributed by atoms with Crippen molar-refractivity contribution in [1.82, 2.24) is 20.2 Å². The second-order valence-electron chi connectivity index (χ2n) is 8.40. The number of aromatic amines is 1. The number of likely N-dealkylation sites (tertiary alicyclic amines) is 1. The van der Waals surface area contributed by atoms with Crippen molar-refractivity contribution in [3.05, 3.63) is 66.0 Å². The molecule has 3 aromatic rings. The van der Waals surface area contributed by atoms with Gasteiger partial charge in [-0.3, -0.25) is 9.59 Å². The topological polar surface area (TPSA) is 78.1 Å². The first-order valence-electron chi connectivity index (χ1n) is 11.1. The molecule has 4 rings (SSSR count). The fraction of sp³-hybridized carbons (Fsp3) is 0.400. The van der Waals surface area contributed by atoms with Crippen LogP contribution in [-0.4, -0.2) is 51.8 Å². The van der Waals surface area contributed by atoms with Crippen LogP contribution in [0.2, 0.25) is 0 Å². The zero-order valence-electron chi connectivity index (χ0n) is 18.6. The number of H-pyrrole nitrogens is 1. The van der Waals surface area contributed by atoms with Gasteiger partial charge in [-0.1, -0.05) is 42.5 Å². The predicted octanol–water partition coefficient (Wildman–Crippen LogP) is 4.05. The van der Waals surface area contributed by atoms with Gasteiger partial charge in [0.1, 0.15) is 5.82 Å². The molecule has 0 bridgehead atoms. The van der Waals surface area contributed by atoms with E-state index in [1.807, 2.05) is 59.5 Å². The molecule has 7 heteroatoms. The molecule has 32 heavy (non-hydrogen) atoms. The highest BCUT2D eigenvalue weighted by molar-refractivity contribution is 7.98. The first-order chi connectivity index (χ1) is 15.5. The second kappa shape index (κ2) is 9.77. The fourth-order valence-corrected chi connectivity index (χ4v) is 5.03. The van der Waals surface area contributed by atoms with Gasteiger partial charge >= 0.3 is 0 Å². The molecule has 0 spiro atoms. The van der Waals surface area contributed by atoms with Crippen molar-refractivity contribution in [3.63, 3.8) is 0 Å². The summed E-state index contributed by atoms with van der Waals surface area (Å²) in [6.45, 7) is 2.76. The second-order valence-corrected chi connectivity index (χ2v) is 9.39. The highest BCUT2D eigenvalue weighted by Crippen LogP contribution is 2.37. The van der Waals surface area contributed by atoms with Crippen LogP contribution in [0.1, 0.15) is 43.6 Å². The lowest BCUT2D eigenvalue weighted by Crippen LogP contribution is -2.53. The molecule has 2 heterocycles. The molecule has 2 N–H and O–H groups in total. The highest BCUT2D eigenvalue weighted by Gasteiger charge is 2.44. The van der Waals surface area contributed by atoms with E-state index < -0.39 is 5.41 Å².